The normalized spacial score (nSPS) is 31.2. The van der Waals surface area contributed by atoms with E-state index in [1.54, 1.807) is 0 Å². The minimum absolute atomic E-state index is 0.100. The monoisotopic (exact) mass is 311 g/mol. The number of nitrogens with zero attached hydrogens (tertiary/aromatic N) is 1. The lowest BCUT2D eigenvalue weighted by Gasteiger charge is -2.33. The zero-order valence-electron chi connectivity index (χ0n) is 13.1. The second-order valence-electron chi connectivity index (χ2n) is 7.48. The molecule has 3 fully saturated rings. The summed E-state index contributed by atoms with van der Waals surface area (Å²) in [5, 5.41) is 6.53. The summed E-state index contributed by atoms with van der Waals surface area (Å²) >= 11 is 0. The smallest absolute Gasteiger partial charge is 0.270 e. The summed E-state index contributed by atoms with van der Waals surface area (Å²) in [5.74, 6) is 0.583. The summed E-state index contributed by atoms with van der Waals surface area (Å²) in [4.78, 5) is 28.1. The first-order chi connectivity index (χ1) is 11.2. The van der Waals surface area contributed by atoms with E-state index in [0.717, 1.165) is 49.8 Å². The molecule has 4 aliphatic rings. The van der Waals surface area contributed by atoms with Crippen molar-refractivity contribution < 1.29 is 9.59 Å². The molecule has 1 atom stereocenters. The van der Waals surface area contributed by atoms with Crippen LogP contribution >= 0.6 is 0 Å². The van der Waals surface area contributed by atoms with Crippen molar-refractivity contribution in [2.24, 2.45) is 5.92 Å². The Kier molecular flexibility index (Phi) is 2.56. The van der Waals surface area contributed by atoms with E-state index in [2.05, 4.69) is 10.6 Å². The lowest BCUT2D eigenvalue weighted by molar-refractivity contribution is -0.140. The number of rotatable bonds is 2. The molecule has 120 valence electrons. The Morgan fingerprint density at radius 3 is 2.61 bits per heavy atom. The molecule has 2 heterocycles. The Hall–Kier alpha value is -1.88. The SMILES string of the molecule is O=C1N(CC2CC2)C2(NC13CCCC3)C(=O)Nc1ccccc12. The first kappa shape index (κ1) is 13.5. The van der Waals surface area contributed by atoms with Crippen LogP contribution in [-0.4, -0.2) is 28.8 Å². The van der Waals surface area contributed by atoms with Gasteiger partial charge >= 0.3 is 0 Å². The topological polar surface area (TPSA) is 61.4 Å². The van der Waals surface area contributed by atoms with Crippen LogP contribution in [0.2, 0.25) is 0 Å². The second kappa shape index (κ2) is 4.35. The number of amides is 2. The van der Waals surface area contributed by atoms with E-state index in [0.29, 0.717) is 12.5 Å². The van der Waals surface area contributed by atoms with E-state index in [9.17, 15) is 9.59 Å². The molecule has 2 saturated carbocycles. The van der Waals surface area contributed by atoms with Gasteiger partial charge in [0.25, 0.3) is 5.91 Å². The van der Waals surface area contributed by atoms with Gasteiger partial charge < -0.3 is 10.2 Å². The summed E-state index contributed by atoms with van der Waals surface area (Å²) in [5.41, 5.74) is 0.195. The van der Waals surface area contributed by atoms with Gasteiger partial charge in [0.1, 0.15) is 5.54 Å². The van der Waals surface area contributed by atoms with Crippen molar-refractivity contribution in [2.75, 3.05) is 11.9 Å². The standard InChI is InChI=1S/C18H21N3O2/c22-15-18(13-5-1-2-6-14(13)19-15)20-17(9-3-4-10-17)16(23)21(18)11-12-7-8-12/h1-2,5-6,12,20H,3-4,7-11H2,(H,19,22). The highest BCUT2D eigenvalue weighted by Crippen LogP contribution is 2.50. The summed E-state index contributed by atoms with van der Waals surface area (Å²) in [7, 11) is 0. The Labute approximate surface area is 135 Å². The average Bonchev–Trinajstić information content (AvgIpc) is 3.10. The van der Waals surface area contributed by atoms with Crippen LogP contribution in [0.3, 0.4) is 0 Å². The van der Waals surface area contributed by atoms with E-state index in [4.69, 9.17) is 0 Å². The third-order valence-corrected chi connectivity index (χ3v) is 5.97. The number of carbonyl (C=O) groups excluding carboxylic acids is 2. The molecule has 2 spiro atoms. The van der Waals surface area contributed by atoms with Gasteiger partial charge in [-0.3, -0.25) is 14.9 Å². The maximum atomic E-state index is 13.3. The Bertz CT molecular complexity index is 706. The fraction of sp³-hybridized carbons (Fsp3) is 0.556. The van der Waals surface area contributed by atoms with E-state index < -0.39 is 11.2 Å². The zero-order chi connectivity index (χ0) is 15.7. The highest BCUT2D eigenvalue weighted by Gasteiger charge is 2.66. The number of benzene rings is 1. The van der Waals surface area contributed by atoms with Crippen molar-refractivity contribution >= 4 is 17.5 Å². The number of hydrogen-bond donors (Lipinski definition) is 2. The molecule has 2 aliphatic heterocycles. The van der Waals surface area contributed by atoms with Crippen LogP contribution < -0.4 is 10.6 Å². The second-order valence-corrected chi connectivity index (χ2v) is 7.48. The Morgan fingerprint density at radius 2 is 1.87 bits per heavy atom. The first-order valence-corrected chi connectivity index (χ1v) is 8.68. The van der Waals surface area contributed by atoms with E-state index in [1.165, 1.54) is 0 Å². The Balaban J connectivity index is 1.67. The molecular weight excluding hydrogens is 290 g/mol. The number of nitrogens with one attached hydrogen (secondary N) is 2. The highest BCUT2D eigenvalue weighted by molar-refractivity contribution is 6.10. The highest BCUT2D eigenvalue weighted by atomic mass is 16.2. The van der Waals surface area contributed by atoms with E-state index in [-0.39, 0.29) is 11.8 Å². The molecule has 0 bridgehead atoms. The van der Waals surface area contributed by atoms with Gasteiger partial charge in [-0.15, -0.1) is 0 Å². The molecule has 23 heavy (non-hydrogen) atoms. The summed E-state index contributed by atoms with van der Waals surface area (Å²) in [6.45, 7) is 0.690. The molecule has 2 N–H and O–H groups in total. The van der Waals surface area contributed by atoms with Crippen LogP contribution in [0, 0.1) is 5.92 Å². The number of para-hydroxylation sites is 1. The quantitative estimate of drug-likeness (QED) is 0.877. The minimum Gasteiger partial charge on any atom is -0.322 e. The van der Waals surface area contributed by atoms with Gasteiger partial charge in [-0.2, -0.15) is 0 Å². The number of carbonyl (C=O) groups is 2. The predicted molar refractivity (Wildman–Crippen MR) is 85.5 cm³/mol. The number of anilines is 1. The van der Waals surface area contributed by atoms with E-state index >= 15 is 0 Å². The lowest BCUT2D eigenvalue weighted by atomic mass is 9.96. The molecule has 5 rings (SSSR count). The van der Waals surface area contributed by atoms with Crippen molar-refractivity contribution in [3.05, 3.63) is 29.8 Å². The van der Waals surface area contributed by atoms with Crippen molar-refractivity contribution in [3.63, 3.8) is 0 Å². The summed E-state index contributed by atoms with van der Waals surface area (Å²) < 4.78 is 0. The van der Waals surface area contributed by atoms with Crippen molar-refractivity contribution in [3.8, 4) is 0 Å². The van der Waals surface area contributed by atoms with Gasteiger partial charge in [0.15, 0.2) is 0 Å². The van der Waals surface area contributed by atoms with Crippen LogP contribution in [-0.2, 0) is 15.3 Å². The summed E-state index contributed by atoms with van der Waals surface area (Å²) in [6.07, 6.45) is 6.10. The third-order valence-electron chi connectivity index (χ3n) is 5.97. The molecule has 1 aromatic rings. The predicted octanol–water partition coefficient (Wildman–Crippen LogP) is 1.95. The largest absolute Gasteiger partial charge is 0.322 e. The fourth-order valence-electron chi connectivity index (χ4n) is 4.61. The minimum atomic E-state index is -0.999. The summed E-state index contributed by atoms with van der Waals surface area (Å²) in [6, 6.07) is 7.76. The molecular formula is C18H21N3O2. The molecule has 5 nitrogen and oxygen atoms in total. The van der Waals surface area contributed by atoms with Crippen LogP contribution in [0.5, 0.6) is 0 Å². The van der Waals surface area contributed by atoms with Crippen molar-refractivity contribution in [1.29, 1.82) is 0 Å². The maximum Gasteiger partial charge on any atom is 0.270 e. The van der Waals surface area contributed by atoms with Gasteiger partial charge in [-0.25, -0.2) is 0 Å². The van der Waals surface area contributed by atoms with Gasteiger partial charge in [0.05, 0.1) is 0 Å². The lowest BCUT2D eigenvalue weighted by Crippen LogP contribution is -2.56. The molecule has 1 aromatic carbocycles. The van der Waals surface area contributed by atoms with Crippen LogP contribution in [0.1, 0.15) is 44.1 Å². The zero-order valence-corrected chi connectivity index (χ0v) is 13.1. The number of fused-ring (bicyclic) bond motifs is 2. The molecule has 0 radical (unpaired) electrons. The maximum absolute atomic E-state index is 13.3. The molecule has 5 heteroatoms. The molecule has 0 aromatic heterocycles. The number of hydrogen-bond acceptors (Lipinski definition) is 3. The van der Waals surface area contributed by atoms with Gasteiger partial charge in [-0.1, -0.05) is 31.0 Å². The molecule has 2 amide bonds. The first-order valence-electron chi connectivity index (χ1n) is 8.68. The third kappa shape index (κ3) is 1.66. The van der Waals surface area contributed by atoms with Crippen LogP contribution in [0.4, 0.5) is 5.69 Å². The van der Waals surface area contributed by atoms with E-state index in [1.807, 2.05) is 29.2 Å². The van der Waals surface area contributed by atoms with Crippen LogP contribution in [0.25, 0.3) is 0 Å². The fourth-order valence-corrected chi connectivity index (χ4v) is 4.61. The molecule has 1 unspecified atom stereocenters. The van der Waals surface area contributed by atoms with Gasteiger partial charge in [0, 0.05) is 17.8 Å². The average molecular weight is 311 g/mol. The van der Waals surface area contributed by atoms with Crippen molar-refractivity contribution in [1.82, 2.24) is 10.2 Å². The van der Waals surface area contributed by atoms with Gasteiger partial charge in [-0.05, 0) is 37.7 Å². The van der Waals surface area contributed by atoms with Crippen LogP contribution in [0.15, 0.2) is 24.3 Å². The van der Waals surface area contributed by atoms with Crippen molar-refractivity contribution in [2.45, 2.75) is 49.7 Å². The molecule has 1 saturated heterocycles. The molecule has 2 aliphatic carbocycles. The Morgan fingerprint density at radius 1 is 1.13 bits per heavy atom. The van der Waals surface area contributed by atoms with Gasteiger partial charge in [0.2, 0.25) is 11.6 Å².